The zero-order chi connectivity index (χ0) is 20.6. The zero-order valence-electron chi connectivity index (χ0n) is 16.3. The zero-order valence-corrected chi connectivity index (χ0v) is 16.3. The van der Waals surface area contributed by atoms with E-state index < -0.39 is 29.5 Å². The summed E-state index contributed by atoms with van der Waals surface area (Å²) < 4.78 is 9.89. The Labute approximate surface area is 158 Å². The van der Waals surface area contributed by atoms with E-state index in [-0.39, 0.29) is 18.7 Å². The summed E-state index contributed by atoms with van der Waals surface area (Å²) in [6.45, 7) is 6.62. The number of hydrogen-bond acceptors (Lipinski definition) is 6. The maximum atomic E-state index is 12.4. The molecule has 0 saturated carbocycles. The molecule has 0 spiro atoms. The van der Waals surface area contributed by atoms with E-state index in [1.807, 2.05) is 0 Å². The molecule has 8 nitrogen and oxygen atoms in total. The van der Waals surface area contributed by atoms with Gasteiger partial charge < -0.3 is 20.1 Å². The second-order valence-corrected chi connectivity index (χ2v) is 6.93. The maximum absolute atomic E-state index is 12.4. The highest BCUT2D eigenvalue weighted by molar-refractivity contribution is 5.97. The Bertz CT molecular complexity index is 691. The number of anilines is 1. The summed E-state index contributed by atoms with van der Waals surface area (Å²) in [4.78, 5) is 47.1. The number of amides is 2. The number of carbonyl (C=O) groups excluding carboxylic acids is 4. The summed E-state index contributed by atoms with van der Waals surface area (Å²) in [5, 5.41) is 5.15. The number of ether oxygens (including phenoxy) is 2. The summed E-state index contributed by atoms with van der Waals surface area (Å²) in [5.74, 6) is -1.84. The Morgan fingerprint density at radius 1 is 1.07 bits per heavy atom. The number of rotatable bonds is 7. The molecular weight excluding hydrogens is 352 g/mol. The standard InChI is InChI=1S/C19H26N2O6/c1-12(22)20-14-8-6-13(7-9-14)17(24)21-15(18(25)26-5)10-11-16(23)27-19(2,3)4/h6-9,15H,10-11H2,1-5H3,(H,20,22)(H,21,24)/t15-/m1/s1. The van der Waals surface area contributed by atoms with E-state index in [4.69, 9.17) is 9.47 Å². The molecule has 0 fully saturated rings. The molecule has 1 rings (SSSR count). The van der Waals surface area contributed by atoms with Gasteiger partial charge in [-0.25, -0.2) is 4.79 Å². The van der Waals surface area contributed by atoms with Gasteiger partial charge in [-0.2, -0.15) is 0 Å². The fourth-order valence-corrected chi connectivity index (χ4v) is 2.20. The predicted octanol–water partition coefficient (Wildman–Crippen LogP) is 2.04. The molecule has 1 aromatic rings. The Balaban J connectivity index is 2.72. The minimum Gasteiger partial charge on any atom is -0.467 e. The first-order valence-corrected chi connectivity index (χ1v) is 8.50. The molecule has 0 heterocycles. The van der Waals surface area contributed by atoms with Crippen molar-refractivity contribution in [3.05, 3.63) is 29.8 Å². The summed E-state index contributed by atoms with van der Waals surface area (Å²) in [5.41, 5.74) is 0.222. The van der Waals surface area contributed by atoms with Crippen molar-refractivity contribution in [3.8, 4) is 0 Å². The number of hydrogen-bond donors (Lipinski definition) is 2. The van der Waals surface area contributed by atoms with Gasteiger partial charge in [-0.15, -0.1) is 0 Å². The lowest BCUT2D eigenvalue weighted by molar-refractivity contribution is -0.155. The van der Waals surface area contributed by atoms with Crippen LogP contribution in [0, 0.1) is 0 Å². The number of benzene rings is 1. The smallest absolute Gasteiger partial charge is 0.328 e. The fourth-order valence-electron chi connectivity index (χ4n) is 2.20. The first-order valence-electron chi connectivity index (χ1n) is 8.50. The average molecular weight is 378 g/mol. The number of esters is 2. The van der Waals surface area contributed by atoms with Gasteiger partial charge in [0.1, 0.15) is 11.6 Å². The third-order valence-corrected chi connectivity index (χ3v) is 3.32. The Kier molecular flexibility index (Phi) is 7.96. The summed E-state index contributed by atoms with van der Waals surface area (Å²) in [7, 11) is 1.21. The van der Waals surface area contributed by atoms with Crippen molar-refractivity contribution in [2.24, 2.45) is 0 Å². The van der Waals surface area contributed by atoms with Crippen LogP contribution in [0.25, 0.3) is 0 Å². The van der Waals surface area contributed by atoms with E-state index in [1.54, 1.807) is 32.9 Å². The molecule has 1 aromatic carbocycles. The van der Waals surface area contributed by atoms with Gasteiger partial charge in [0.2, 0.25) is 5.91 Å². The lowest BCUT2D eigenvalue weighted by Gasteiger charge is -2.21. The highest BCUT2D eigenvalue weighted by atomic mass is 16.6. The molecule has 0 aliphatic carbocycles. The molecule has 0 saturated heterocycles. The lowest BCUT2D eigenvalue weighted by atomic mass is 10.1. The Morgan fingerprint density at radius 3 is 2.15 bits per heavy atom. The molecule has 0 unspecified atom stereocenters. The Morgan fingerprint density at radius 2 is 1.67 bits per heavy atom. The topological polar surface area (TPSA) is 111 Å². The van der Waals surface area contributed by atoms with Gasteiger partial charge in [-0.1, -0.05) is 0 Å². The van der Waals surface area contributed by atoms with E-state index in [2.05, 4.69) is 10.6 Å². The van der Waals surface area contributed by atoms with Crippen LogP contribution in [0.15, 0.2) is 24.3 Å². The van der Waals surface area contributed by atoms with Crippen molar-refractivity contribution in [1.29, 1.82) is 0 Å². The molecule has 27 heavy (non-hydrogen) atoms. The number of methoxy groups -OCH3 is 1. The maximum Gasteiger partial charge on any atom is 0.328 e. The SMILES string of the molecule is COC(=O)[C@@H](CCC(=O)OC(C)(C)C)NC(=O)c1ccc(NC(C)=O)cc1. The summed E-state index contributed by atoms with van der Waals surface area (Å²) >= 11 is 0. The normalized spacial score (nSPS) is 11.9. The van der Waals surface area contributed by atoms with Gasteiger partial charge in [0.15, 0.2) is 0 Å². The highest BCUT2D eigenvalue weighted by Gasteiger charge is 2.25. The Hall–Kier alpha value is -2.90. The number of carbonyl (C=O) groups is 4. The van der Waals surface area contributed by atoms with E-state index in [0.29, 0.717) is 11.3 Å². The van der Waals surface area contributed by atoms with Crippen LogP contribution in [-0.4, -0.2) is 42.5 Å². The second-order valence-electron chi connectivity index (χ2n) is 6.93. The van der Waals surface area contributed by atoms with E-state index in [9.17, 15) is 19.2 Å². The molecule has 0 aliphatic rings. The van der Waals surface area contributed by atoms with E-state index in [1.165, 1.54) is 26.2 Å². The van der Waals surface area contributed by atoms with Crippen LogP contribution in [0.2, 0.25) is 0 Å². The molecule has 0 radical (unpaired) electrons. The van der Waals surface area contributed by atoms with Gasteiger partial charge in [0.25, 0.3) is 5.91 Å². The van der Waals surface area contributed by atoms with Gasteiger partial charge in [0.05, 0.1) is 7.11 Å². The molecule has 0 bridgehead atoms. The van der Waals surface area contributed by atoms with Crippen LogP contribution in [0.4, 0.5) is 5.69 Å². The van der Waals surface area contributed by atoms with Crippen LogP contribution in [-0.2, 0) is 23.9 Å². The van der Waals surface area contributed by atoms with Crippen molar-refractivity contribution in [2.45, 2.75) is 52.2 Å². The summed E-state index contributed by atoms with van der Waals surface area (Å²) in [6.07, 6.45) is 0.0100. The monoisotopic (exact) mass is 378 g/mol. The minimum absolute atomic E-state index is 0.0429. The molecular formula is C19H26N2O6. The van der Waals surface area contributed by atoms with E-state index >= 15 is 0 Å². The summed E-state index contributed by atoms with van der Waals surface area (Å²) in [6, 6.07) is 5.20. The van der Waals surface area contributed by atoms with Crippen LogP contribution in [0.5, 0.6) is 0 Å². The number of nitrogens with one attached hydrogen (secondary N) is 2. The van der Waals surface area contributed by atoms with E-state index in [0.717, 1.165) is 0 Å². The minimum atomic E-state index is -0.981. The van der Waals surface area contributed by atoms with Gasteiger partial charge >= 0.3 is 11.9 Å². The molecule has 2 amide bonds. The van der Waals surface area contributed by atoms with Crippen molar-refractivity contribution in [2.75, 3.05) is 12.4 Å². The lowest BCUT2D eigenvalue weighted by Crippen LogP contribution is -2.42. The second kappa shape index (κ2) is 9.70. The van der Waals surface area contributed by atoms with Crippen molar-refractivity contribution < 1.29 is 28.7 Å². The van der Waals surface area contributed by atoms with Crippen LogP contribution < -0.4 is 10.6 Å². The first kappa shape index (κ1) is 22.1. The van der Waals surface area contributed by atoms with Crippen LogP contribution in [0.3, 0.4) is 0 Å². The van der Waals surface area contributed by atoms with Crippen LogP contribution in [0.1, 0.15) is 50.9 Å². The molecule has 2 N–H and O–H groups in total. The largest absolute Gasteiger partial charge is 0.467 e. The quantitative estimate of drug-likeness (QED) is 0.703. The highest BCUT2D eigenvalue weighted by Crippen LogP contribution is 2.12. The van der Waals surface area contributed by atoms with Crippen molar-refractivity contribution in [3.63, 3.8) is 0 Å². The van der Waals surface area contributed by atoms with Gasteiger partial charge in [-0.3, -0.25) is 14.4 Å². The van der Waals surface area contributed by atoms with Crippen molar-refractivity contribution in [1.82, 2.24) is 5.32 Å². The van der Waals surface area contributed by atoms with Gasteiger partial charge in [0, 0.05) is 24.6 Å². The van der Waals surface area contributed by atoms with Gasteiger partial charge in [-0.05, 0) is 51.5 Å². The molecule has 8 heteroatoms. The predicted molar refractivity (Wildman–Crippen MR) is 99.1 cm³/mol. The third kappa shape index (κ3) is 8.35. The first-order chi connectivity index (χ1) is 12.5. The molecule has 0 aliphatic heterocycles. The van der Waals surface area contributed by atoms with Crippen LogP contribution >= 0.6 is 0 Å². The average Bonchev–Trinajstić information content (AvgIpc) is 2.56. The molecule has 0 aromatic heterocycles. The van der Waals surface area contributed by atoms with Crippen molar-refractivity contribution >= 4 is 29.4 Å². The molecule has 1 atom stereocenters. The molecule has 148 valence electrons. The third-order valence-electron chi connectivity index (χ3n) is 3.32. The fraction of sp³-hybridized carbons (Fsp3) is 0.474.